The van der Waals surface area contributed by atoms with E-state index in [0.29, 0.717) is 38.6 Å². The fraction of sp³-hybridized carbons (Fsp3) is 0.684. The van der Waals surface area contributed by atoms with Crippen LogP contribution in [0.3, 0.4) is 0 Å². The van der Waals surface area contributed by atoms with Crippen LogP contribution in [0.15, 0.2) is 12.4 Å². The molecule has 2 atom stereocenters. The Morgan fingerprint density at radius 2 is 1.69 bits per heavy atom. The molecule has 1 aromatic heterocycles. The Morgan fingerprint density at radius 3 is 2.29 bits per heavy atom. The van der Waals surface area contributed by atoms with Crippen LogP contribution in [0, 0.1) is 5.92 Å². The van der Waals surface area contributed by atoms with Gasteiger partial charge in [-0.15, -0.1) is 0 Å². The maximum absolute atomic E-state index is 13.0. The van der Waals surface area contributed by atoms with Crippen molar-refractivity contribution in [2.75, 3.05) is 57.4 Å². The molecule has 2 saturated heterocycles. The highest BCUT2D eigenvalue weighted by Gasteiger charge is 2.52. The molecule has 2 N–H and O–H groups in total. The van der Waals surface area contributed by atoms with Gasteiger partial charge in [-0.05, 0) is 0 Å². The maximum Gasteiger partial charge on any atom is 0.419 e. The lowest BCUT2D eigenvalue weighted by molar-refractivity contribution is -0.214. The van der Waals surface area contributed by atoms with E-state index in [4.69, 9.17) is 9.47 Å². The number of carbonyl (C=O) groups excluding carboxylic acids is 2. The van der Waals surface area contributed by atoms with Crippen molar-refractivity contribution in [1.29, 1.82) is 0 Å². The SMILES string of the molecule is O=C1NNCC(OCCOCCC(=O)N2CCN(c3ncc(C(F)(F)F)cn3)CC2)C1C(F)(F)F. The smallest absolute Gasteiger partial charge is 0.379 e. The first-order chi connectivity index (χ1) is 16.5. The number of amides is 2. The van der Waals surface area contributed by atoms with Gasteiger partial charge in [0.2, 0.25) is 17.8 Å². The van der Waals surface area contributed by atoms with Gasteiger partial charge in [-0.3, -0.25) is 15.0 Å². The number of rotatable bonds is 8. The Hall–Kier alpha value is -2.72. The third-order valence-corrected chi connectivity index (χ3v) is 5.42. The number of carbonyl (C=O) groups is 2. The molecule has 0 saturated carbocycles. The molecule has 2 aliphatic rings. The zero-order chi connectivity index (χ0) is 25.6. The van der Waals surface area contributed by atoms with Crippen molar-refractivity contribution in [3.63, 3.8) is 0 Å². The number of ether oxygens (including phenoxy) is 2. The molecule has 2 unspecified atom stereocenters. The number of nitrogens with one attached hydrogen (secondary N) is 2. The standard InChI is InChI=1S/C19H24F6N6O4/c20-18(21,22)12-9-26-17(27-10-12)31-4-2-30(3-5-31)14(32)1-6-34-7-8-35-13-11-28-29-16(33)15(13)19(23,24)25/h9-10,13,15,28H,1-8,11H2,(H,29,33). The van der Waals surface area contributed by atoms with Gasteiger partial charge in [-0.1, -0.05) is 0 Å². The average molecular weight is 514 g/mol. The highest BCUT2D eigenvalue weighted by Crippen LogP contribution is 2.31. The van der Waals surface area contributed by atoms with E-state index >= 15 is 0 Å². The molecule has 0 aliphatic carbocycles. The molecule has 2 amide bonds. The number of hydrogen-bond acceptors (Lipinski definition) is 8. The molecule has 0 aromatic carbocycles. The van der Waals surface area contributed by atoms with Gasteiger partial charge in [0.25, 0.3) is 0 Å². The molecule has 2 fully saturated rings. The number of hydrogen-bond donors (Lipinski definition) is 2. The fourth-order valence-corrected chi connectivity index (χ4v) is 3.58. The van der Waals surface area contributed by atoms with Crippen LogP contribution in [0.25, 0.3) is 0 Å². The lowest BCUT2D eigenvalue weighted by atomic mass is 9.99. The van der Waals surface area contributed by atoms with Crippen molar-refractivity contribution < 1.29 is 45.4 Å². The van der Waals surface area contributed by atoms with Crippen LogP contribution in [0.5, 0.6) is 0 Å². The first kappa shape index (κ1) is 26.9. The highest BCUT2D eigenvalue weighted by molar-refractivity contribution is 5.80. The minimum Gasteiger partial charge on any atom is -0.379 e. The molecule has 3 heterocycles. The molecule has 3 rings (SSSR count). The quantitative estimate of drug-likeness (QED) is 0.387. The third-order valence-electron chi connectivity index (χ3n) is 5.42. The van der Waals surface area contributed by atoms with Gasteiger partial charge in [0.1, 0.15) is 0 Å². The first-order valence-corrected chi connectivity index (χ1v) is 10.7. The predicted molar refractivity (Wildman–Crippen MR) is 107 cm³/mol. The fourth-order valence-electron chi connectivity index (χ4n) is 3.58. The number of nitrogens with zero attached hydrogens (tertiary/aromatic N) is 4. The van der Waals surface area contributed by atoms with E-state index < -0.39 is 35.8 Å². The van der Waals surface area contributed by atoms with E-state index in [1.807, 2.05) is 5.43 Å². The van der Waals surface area contributed by atoms with Crippen molar-refractivity contribution in [3.05, 3.63) is 18.0 Å². The largest absolute Gasteiger partial charge is 0.419 e. The monoisotopic (exact) mass is 514 g/mol. The molecule has 1 aromatic rings. The number of piperazine rings is 1. The van der Waals surface area contributed by atoms with Crippen LogP contribution < -0.4 is 15.8 Å². The molecule has 2 aliphatic heterocycles. The molecular formula is C19H24F6N6O4. The Bertz CT molecular complexity index is 861. The van der Waals surface area contributed by atoms with Crippen LogP contribution >= 0.6 is 0 Å². The van der Waals surface area contributed by atoms with Crippen molar-refractivity contribution >= 4 is 17.8 Å². The van der Waals surface area contributed by atoms with Crippen LogP contribution in [-0.4, -0.2) is 91.5 Å². The van der Waals surface area contributed by atoms with Crippen LogP contribution in [-0.2, 0) is 25.2 Å². The summed E-state index contributed by atoms with van der Waals surface area (Å²) in [6, 6.07) is 0. The highest BCUT2D eigenvalue weighted by atomic mass is 19.4. The molecule has 0 bridgehead atoms. The topological polar surface area (TPSA) is 109 Å². The summed E-state index contributed by atoms with van der Waals surface area (Å²) in [5, 5.41) is 0. The van der Waals surface area contributed by atoms with E-state index in [1.54, 1.807) is 9.80 Å². The summed E-state index contributed by atoms with van der Waals surface area (Å²) >= 11 is 0. The summed E-state index contributed by atoms with van der Waals surface area (Å²) < 4.78 is 87.3. The summed E-state index contributed by atoms with van der Waals surface area (Å²) in [4.78, 5) is 34.5. The Kier molecular flexibility index (Phi) is 8.71. The van der Waals surface area contributed by atoms with Crippen molar-refractivity contribution in [1.82, 2.24) is 25.7 Å². The minimum absolute atomic E-state index is 0.0243. The zero-order valence-corrected chi connectivity index (χ0v) is 18.4. The second-order valence-electron chi connectivity index (χ2n) is 7.80. The van der Waals surface area contributed by atoms with Gasteiger partial charge in [0, 0.05) is 45.1 Å². The van der Waals surface area contributed by atoms with E-state index in [2.05, 4.69) is 15.4 Å². The Morgan fingerprint density at radius 1 is 1.03 bits per heavy atom. The van der Waals surface area contributed by atoms with Crippen LogP contribution in [0.2, 0.25) is 0 Å². The normalized spacial score (nSPS) is 21.7. The number of aromatic nitrogens is 2. The zero-order valence-electron chi connectivity index (χ0n) is 18.4. The van der Waals surface area contributed by atoms with Crippen molar-refractivity contribution in [2.24, 2.45) is 5.92 Å². The second-order valence-corrected chi connectivity index (χ2v) is 7.80. The summed E-state index contributed by atoms with van der Waals surface area (Å²) in [6.07, 6.45) is -9.19. The first-order valence-electron chi connectivity index (χ1n) is 10.7. The van der Waals surface area contributed by atoms with Gasteiger partial charge in [-0.25, -0.2) is 15.4 Å². The van der Waals surface area contributed by atoms with Gasteiger partial charge < -0.3 is 19.3 Å². The van der Waals surface area contributed by atoms with E-state index in [1.165, 1.54) is 0 Å². The lowest BCUT2D eigenvalue weighted by Crippen LogP contribution is -2.60. The second kappa shape index (κ2) is 11.3. The van der Waals surface area contributed by atoms with Gasteiger partial charge in [0.15, 0.2) is 5.92 Å². The molecule has 16 heteroatoms. The molecular weight excluding hydrogens is 490 g/mol. The van der Waals surface area contributed by atoms with E-state index in [0.717, 1.165) is 0 Å². The summed E-state index contributed by atoms with van der Waals surface area (Å²) in [6.45, 7) is 0.893. The molecule has 0 spiro atoms. The maximum atomic E-state index is 13.0. The predicted octanol–water partition coefficient (Wildman–Crippen LogP) is 0.749. The Balaban J connectivity index is 1.32. The third kappa shape index (κ3) is 7.38. The molecule has 0 radical (unpaired) electrons. The van der Waals surface area contributed by atoms with Crippen molar-refractivity contribution in [2.45, 2.75) is 24.9 Å². The van der Waals surface area contributed by atoms with Crippen molar-refractivity contribution in [3.8, 4) is 0 Å². The molecule has 35 heavy (non-hydrogen) atoms. The van der Waals surface area contributed by atoms with E-state index in [9.17, 15) is 35.9 Å². The van der Waals surface area contributed by atoms with Crippen LogP contribution in [0.4, 0.5) is 32.3 Å². The Labute approximate surface area is 195 Å². The minimum atomic E-state index is -4.74. The lowest BCUT2D eigenvalue weighted by Gasteiger charge is -2.34. The average Bonchev–Trinajstić information content (AvgIpc) is 2.80. The van der Waals surface area contributed by atoms with Gasteiger partial charge in [-0.2, -0.15) is 26.3 Å². The summed E-state index contributed by atoms with van der Waals surface area (Å²) in [7, 11) is 0. The summed E-state index contributed by atoms with van der Waals surface area (Å²) in [5.41, 5.74) is 3.33. The van der Waals surface area contributed by atoms with Gasteiger partial charge >= 0.3 is 12.4 Å². The summed E-state index contributed by atoms with van der Waals surface area (Å²) in [5.74, 6) is -3.56. The molecule has 196 valence electrons. The number of anilines is 1. The number of alkyl halides is 6. The molecule has 10 nitrogen and oxygen atoms in total. The van der Waals surface area contributed by atoms with Crippen LogP contribution in [0.1, 0.15) is 12.0 Å². The van der Waals surface area contributed by atoms with E-state index in [-0.39, 0.29) is 44.6 Å². The number of hydrazine groups is 1. The van der Waals surface area contributed by atoms with Gasteiger partial charge in [0.05, 0.1) is 37.9 Å². The number of halogens is 6.